The summed E-state index contributed by atoms with van der Waals surface area (Å²) >= 11 is 7.26. The van der Waals surface area contributed by atoms with Crippen molar-refractivity contribution >= 4 is 22.9 Å². The highest BCUT2D eigenvalue weighted by Crippen LogP contribution is 2.28. The lowest BCUT2D eigenvalue weighted by molar-refractivity contribution is 0.154. The Morgan fingerprint density at radius 3 is 2.67 bits per heavy atom. The van der Waals surface area contributed by atoms with Crippen LogP contribution in [0.15, 0.2) is 11.4 Å². The van der Waals surface area contributed by atoms with Gasteiger partial charge in [0.2, 0.25) is 0 Å². The van der Waals surface area contributed by atoms with Crippen molar-refractivity contribution in [1.82, 2.24) is 0 Å². The van der Waals surface area contributed by atoms with E-state index in [0.29, 0.717) is 5.92 Å². The minimum Gasteiger partial charge on any atom is -0.388 e. The fourth-order valence-corrected chi connectivity index (χ4v) is 2.15. The van der Waals surface area contributed by atoms with E-state index in [4.69, 9.17) is 11.6 Å². The van der Waals surface area contributed by atoms with Crippen LogP contribution in [0.2, 0.25) is 5.02 Å². The molecule has 3 heteroatoms. The van der Waals surface area contributed by atoms with Gasteiger partial charge >= 0.3 is 0 Å². The first-order valence-corrected chi connectivity index (χ1v) is 5.27. The minimum atomic E-state index is -0.345. The van der Waals surface area contributed by atoms with Crippen molar-refractivity contribution in [2.24, 2.45) is 5.92 Å². The van der Waals surface area contributed by atoms with Gasteiger partial charge < -0.3 is 5.11 Å². The highest BCUT2D eigenvalue weighted by Gasteiger charge is 2.11. The normalized spacial score (nSPS) is 13.8. The van der Waals surface area contributed by atoms with Gasteiger partial charge in [0.05, 0.1) is 11.1 Å². The Kier molecular flexibility index (Phi) is 3.56. The van der Waals surface area contributed by atoms with Gasteiger partial charge in [0.25, 0.3) is 0 Å². The first kappa shape index (κ1) is 10.0. The van der Waals surface area contributed by atoms with Crippen molar-refractivity contribution < 1.29 is 5.11 Å². The molecule has 68 valence electrons. The maximum Gasteiger partial charge on any atom is 0.0884 e. The molecule has 0 aromatic carbocycles. The molecule has 0 saturated heterocycles. The third-order valence-electron chi connectivity index (χ3n) is 1.61. The van der Waals surface area contributed by atoms with Crippen molar-refractivity contribution in [2.75, 3.05) is 0 Å². The second kappa shape index (κ2) is 4.26. The molecule has 0 amide bonds. The summed E-state index contributed by atoms with van der Waals surface area (Å²) in [5.41, 5.74) is 0. The zero-order valence-electron chi connectivity index (χ0n) is 7.25. The number of hydrogen-bond acceptors (Lipinski definition) is 2. The van der Waals surface area contributed by atoms with Crippen molar-refractivity contribution in [1.29, 1.82) is 0 Å². The molecule has 12 heavy (non-hydrogen) atoms. The molecule has 1 unspecified atom stereocenters. The van der Waals surface area contributed by atoms with E-state index >= 15 is 0 Å². The van der Waals surface area contributed by atoms with Crippen molar-refractivity contribution in [2.45, 2.75) is 26.4 Å². The van der Waals surface area contributed by atoms with E-state index in [2.05, 4.69) is 13.8 Å². The number of hydrogen-bond donors (Lipinski definition) is 1. The molecule has 1 heterocycles. The van der Waals surface area contributed by atoms with Crippen LogP contribution < -0.4 is 0 Å². The average Bonchev–Trinajstić information content (AvgIpc) is 2.34. The molecule has 1 nitrogen and oxygen atoms in total. The highest BCUT2D eigenvalue weighted by molar-refractivity contribution is 7.10. The second-order valence-corrected chi connectivity index (χ2v) is 4.69. The Morgan fingerprint density at radius 2 is 2.25 bits per heavy atom. The number of thiophene rings is 1. The van der Waals surface area contributed by atoms with Crippen LogP contribution in [-0.4, -0.2) is 5.11 Å². The van der Waals surface area contributed by atoms with Gasteiger partial charge in [0.1, 0.15) is 0 Å². The number of halogens is 1. The van der Waals surface area contributed by atoms with Gasteiger partial charge in [-0.15, -0.1) is 11.3 Å². The van der Waals surface area contributed by atoms with E-state index in [1.165, 1.54) is 11.3 Å². The van der Waals surface area contributed by atoms with Crippen LogP contribution in [0.5, 0.6) is 0 Å². The van der Waals surface area contributed by atoms with Gasteiger partial charge in [-0.2, -0.15) is 0 Å². The monoisotopic (exact) mass is 204 g/mol. The summed E-state index contributed by atoms with van der Waals surface area (Å²) < 4.78 is 0. The molecular formula is C9H13ClOS. The Morgan fingerprint density at radius 1 is 1.58 bits per heavy atom. The molecule has 0 aliphatic heterocycles. The zero-order chi connectivity index (χ0) is 9.14. The van der Waals surface area contributed by atoms with E-state index < -0.39 is 0 Å². The second-order valence-electron chi connectivity index (χ2n) is 3.31. The van der Waals surface area contributed by atoms with Crippen molar-refractivity contribution in [3.63, 3.8) is 0 Å². The predicted molar refractivity (Wildman–Crippen MR) is 53.7 cm³/mol. The average molecular weight is 205 g/mol. The van der Waals surface area contributed by atoms with Gasteiger partial charge in [-0.25, -0.2) is 0 Å². The molecule has 0 bridgehead atoms. The number of rotatable bonds is 3. The Bertz CT molecular complexity index is 244. The number of aliphatic hydroxyl groups is 1. The smallest absolute Gasteiger partial charge is 0.0884 e. The van der Waals surface area contributed by atoms with Crippen LogP contribution in [0, 0.1) is 5.92 Å². The summed E-state index contributed by atoms with van der Waals surface area (Å²) in [5, 5.41) is 12.2. The fourth-order valence-electron chi connectivity index (χ4n) is 1.07. The molecule has 1 atom stereocenters. The van der Waals surface area contributed by atoms with E-state index in [1.54, 1.807) is 0 Å². The molecule has 0 aliphatic rings. The summed E-state index contributed by atoms with van der Waals surface area (Å²) in [7, 11) is 0. The van der Waals surface area contributed by atoms with Crippen LogP contribution in [0.25, 0.3) is 0 Å². The van der Waals surface area contributed by atoms with Crippen LogP contribution in [0.3, 0.4) is 0 Å². The lowest BCUT2D eigenvalue weighted by Gasteiger charge is -2.10. The maximum atomic E-state index is 9.66. The fraction of sp³-hybridized carbons (Fsp3) is 0.556. The standard InChI is InChI=1S/C9H13ClOS/c1-6(2)3-8(11)9-4-7(10)5-12-9/h4-6,8,11H,3H2,1-2H3. The lowest BCUT2D eigenvalue weighted by Crippen LogP contribution is -1.99. The maximum absolute atomic E-state index is 9.66. The Balaban J connectivity index is 2.58. The number of aliphatic hydroxyl groups excluding tert-OH is 1. The van der Waals surface area contributed by atoms with Gasteiger partial charge in [-0.1, -0.05) is 25.4 Å². The summed E-state index contributed by atoms with van der Waals surface area (Å²) in [6.45, 7) is 4.19. The molecule has 1 N–H and O–H groups in total. The third kappa shape index (κ3) is 2.77. The summed E-state index contributed by atoms with van der Waals surface area (Å²) in [6, 6.07) is 1.83. The topological polar surface area (TPSA) is 20.2 Å². The summed E-state index contributed by atoms with van der Waals surface area (Å²) in [6.07, 6.45) is 0.458. The minimum absolute atomic E-state index is 0.345. The molecule has 1 rings (SSSR count). The molecular weight excluding hydrogens is 192 g/mol. The molecule has 1 aromatic rings. The highest BCUT2D eigenvalue weighted by atomic mass is 35.5. The lowest BCUT2D eigenvalue weighted by atomic mass is 10.1. The van der Waals surface area contributed by atoms with E-state index in [9.17, 15) is 5.11 Å². The van der Waals surface area contributed by atoms with Gasteiger partial charge in [-0.05, 0) is 18.4 Å². The summed E-state index contributed by atoms with van der Waals surface area (Å²) in [4.78, 5) is 0.966. The third-order valence-corrected chi connectivity index (χ3v) is 2.99. The molecule has 1 aromatic heterocycles. The van der Waals surface area contributed by atoms with E-state index in [-0.39, 0.29) is 6.10 Å². The van der Waals surface area contributed by atoms with Gasteiger partial charge in [0, 0.05) is 10.3 Å². The van der Waals surface area contributed by atoms with E-state index in [0.717, 1.165) is 16.3 Å². The van der Waals surface area contributed by atoms with Crippen LogP contribution in [0.4, 0.5) is 0 Å². The Hall–Kier alpha value is -0.0500. The molecule has 0 saturated carbocycles. The Labute approximate surface area is 82.0 Å². The van der Waals surface area contributed by atoms with Crippen molar-refractivity contribution in [3.8, 4) is 0 Å². The molecule has 0 fully saturated rings. The van der Waals surface area contributed by atoms with E-state index in [1.807, 2.05) is 11.4 Å². The largest absolute Gasteiger partial charge is 0.388 e. The first-order valence-electron chi connectivity index (χ1n) is 4.01. The van der Waals surface area contributed by atoms with Gasteiger partial charge in [-0.3, -0.25) is 0 Å². The first-order chi connectivity index (χ1) is 5.59. The molecule has 0 spiro atoms. The van der Waals surface area contributed by atoms with Crippen LogP contribution in [0.1, 0.15) is 31.2 Å². The van der Waals surface area contributed by atoms with Crippen LogP contribution >= 0.6 is 22.9 Å². The predicted octanol–water partition coefficient (Wildman–Crippen LogP) is 3.48. The zero-order valence-corrected chi connectivity index (χ0v) is 8.82. The van der Waals surface area contributed by atoms with Crippen molar-refractivity contribution in [3.05, 3.63) is 21.3 Å². The SMILES string of the molecule is CC(C)CC(O)c1cc(Cl)cs1. The van der Waals surface area contributed by atoms with Crippen LogP contribution in [-0.2, 0) is 0 Å². The molecule has 0 aliphatic carbocycles. The molecule has 0 radical (unpaired) electrons. The quantitative estimate of drug-likeness (QED) is 0.800. The van der Waals surface area contributed by atoms with Gasteiger partial charge in [0.15, 0.2) is 0 Å². The summed E-state index contributed by atoms with van der Waals surface area (Å²) in [5.74, 6) is 0.515.